The Morgan fingerprint density at radius 2 is 1.94 bits per heavy atom. The van der Waals surface area contributed by atoms with Crippen LogP contribution in [-0.2, 0) is 11.3 Å². The van der Waals surface area contributed by atoms with Crippen LogP contribution >= 0.6 is 11.6 Å². The molecule has 0 bridgehead atoms. The molecule has 0 radical (unpaired) electrons. The van der Waals surface area contributed by atoms with Crippen LogP contribution in [0.5, 0.6) is 0 Å². The number of carbonyl (C=O) groups excluding carboxylic acids is 1. The van der Waals surface area contributed by atoms with Crippen molar-refractivity contribution in [1.29, 1.82) is 0 Å². The molecule has 3 nitrogen and oxygen atoms in total. The molecule has 0 heterocycles. The topological polar surface area (TPSA) is 55.1 Å². The normalized spacial score (nSPS) is 10.1. The number of amides is 1. The van der Waals surface area contributed by atoms with Crippen molar-refractivity contribution in [1.82, 2.24) is 5.32 Å². The highest BCUT2D eigenvalue weighted by Crippen LogP contribution is 2.09. The number of rotatable bonds is 6. The van der Waals surface area contributed by atoms with Gasteiger partial charge in [-0.05, 0) is 37.1 Å². The number of unbranched alkanes of at least 4 members (excludes halogenated alkanes) is 1. The van der Waals surface area contributed by atoms with Crippen LogP contribution in [0.1, 0.15) is 24.8 Å². The van der Waals surface area contributed by atoms with E-state index in [4.69, 9.17) is 17.3 Å². The molecule has 4 heteroatoms. The van der Waals surface area contributed by atoms with E-state index in [9.17, 15) is 4.79 Å². The average molecular weight is 241 g/mol. The lowest BCUT2D eigenvalue weighted by Gasteiger charge is -2.05. The van der Waals surface area contributed by atoms with Crippen molar-refractivity contribution >= 4 is 17.5 Å². The van der Waals surface area contributed by atoms with Crippen LogP contribution in [0.15, 0.2) is 24.3 Å². The number of halogens is 1. The maximum Gasteiger partial charge on any atom is 0.220 e. The minimum Gasteiger partial charge on any atom is -0.352 e. The number of nitrogens with one attached hydrogen (secondary N) is 1. The van der Waals surface area contributed by atoms with Gasteiger partial charge in [0.1, 0.15) is 0 Å². The molecule has 3 N–H and O–H groups in total. The Kier molecular flexibility index (Phi) is 5.90. The fourth-order valence-electron chi connectivity index (χ4n) is 1.32. The molecule has 0 fully saturated rings. The third-order valence-corrected chi connectivity index (χ3v) is 2.51. The van der Waals surface area contributed by atoms with Gasteiger partial charge in [0.25, 0.3) is 0 Å². The van der Waals surface area contributed by atoms with E-state index in [0.29, 0.717) is 24.5 Å². The van der Waals surface area contributed by atoms with Crippen LogP contribution in [0, 0.1) is 0 Å². The van der Waals surface area contributed by atoms with Gasteiger partial charge >= 0.3 is 0 Å². The Hall–Kier alpha value is -1.06. The lowest BCUT2D eigenvalue weighted by atomic mass is 10.2. The molecule has 1 amide bonds. The highest BCUT2D eigenvalue weighted by atomic mass is 35.5. The van der Waals surface area contributed by atoms with Crippen LogP contribution in [0.25, 0.3) is 0 Å². The predicted octanol–water partition coefficient (Wildman–Crippen LogP) is 2.09. The van der Waals surface area contributed by atoms with E-state index in [1.807, 2.05) is 24.3 Å². The molecule has 16 heavy (non-hydrogen) atoms. The second-order valence-corrected chi connectivity index (χ2v) is 4.09. The molecule has 1 aromatic rings. The molecule has 88 valence electrons. The fourth-order valence-corrected chi connectivity index (χ4v) is 1.45. The van der Waals surface area contributed by atoms with E-state index in [-0.39, 0.29) is 5.91 Å². The Morgan fingerprint density at radius 1 is 1.25 bits per heavy atom. The van der Waals surface area contributed by atoms with E-state index in [2.05, 4.69) is 5.32 Å². The van der Waals surface area contributed by atoms with Gasteiger partial charge in [-0.2, -0.15) is 0 Å². The highest BCUT2D eigenvalue weighted by Gasteiger charge is 2.00. The molecule has 0 aliphatic rings. The highest BCUT2D eigenvalue weighted by molar-refractivity contribution is 6.30. The first-order chi connectivity index (χ1) is 7.72. The third kappa shape index (κ3) is 5.14. The van der Waals surface area contributed by atoms with Crippen molar-refractivity contribution < 1.29 is 4.79 Å². The summed E-state index contributed by atoms with van der Waals surface area (Å²) >= 11 is 5.76. The second-order valence-electron chi connectivity index (χ2n) is 3.65. The zero-order valence-electron chi connectivity index (χ0n) is 9.21. The summed E-state index contributed by atoms with van der Waals surface area (Å²) in [6.45, 7) is 1.20. The molecule has 0 aliphatic carbocycles. The molecule has 0 aromatic heterocycles. The van der Waals surface area contributed by atoms with Gasteiger partial charge < -0.3 is 11.1 Å². The molecule has 0 aliphatic heterocycles. The average Bonchev–Trinajstić information content (AvgIpc) is 2.29. The van der Waals surface area contributed by atoms with Gasteiger partial charge in [-0.3, -0.25) is 4.79 Å². The number of nitrogens with two attached hydrogens (primary N) is 1. The molecule has 0 unspecified atom stereocenters. The number of hydrogen-bond donors (Lipinski definition) is 2. The van der Waals surface area contributed by atoms with Crippen molar-refractivity contribution in [3.05, 3.63) is 34.9 Å². The summed E-state index contributed by atoms with van der Waals surface area (Å²) in [6.07, 6.45) is 2.29. The smallest absolute Gasteiger partial charge is 0.220 e. The first-order valence-corrected chi connectivity index (χ1v) is 5.81. The summed E-state index contributed by atoms with van der Waals surface area (Å²) < 4.78 is 0. The Labute approximate surface area is 101 Å². The molecule has 0 atom stereocenters. The first-order valence-electron chi connectivity index (χ1n) is 5.43. The van der Waals surface area contributed by atoms with Crippen molar-refractivity contribution in [2.45, 2.75) is 25.8 Å². The molecular weight excluding hydrogens is 224 g/mol. The maximum atomic E-state index is 11.4. The van der Waals surface area contributed by atoms with Gasteiger partial charge in [0.2, 0.25) is 5.91 Å². The van der Waals surface area contributed by atoms with Crippen LogP contribution < -0.4 is 11.1 Å². The van der Waals surface area contributed by atoms with Crippen molar-refractivity contribution in [2.75, 3.05) is 6.54 Å². The zero-order valence-corrected chi connectivity index (χ0v) is 9.96. The second kappa shape index (κ2) is 7.25. The number of carbonyl (C=O) groups is 1. The maximum absolute atomic E-state index is 11.4. The van der Waals surface area contributed by atoms with Crippen molar-refractivity contribution in [3.63, 3.8) is 0 Å². The summed E-state index contributed by atoms with van der Waals surface area (Å²) in [4.78, 5) is 11.4. The van der Waals surface area contributed by atoms with Crippen molar-refractivity contribution in [3.8, 4) is 0 Å². The molecular formula is C12H17ClN2O. The lowest BCUT2D eigenvalue weighted by Crippen LogP contribution is -2.22. The summed E-state index contributed by atoms with van der Waals surface area (Å²) in [6, 6.07) is 7.44. The van der Waals surface area contributed by atoms with Gasteiger partial charge in [0, 0.05) is 18.0 Å². The summed E-state index contributed by atoms with van der Waals surface area (Å²) in [5.74, 6) is 0.0726. The number of hydrogen-bond acceptors (Lipinski definition) is 2. The summed E-state index contributed by atoms with van der Waals surface area (Å²) in [5.41, 5.74) is 6.40. The van der Waals surface area contributed by atoms with Crippen LogP contribution in [0.3, 0.4) is 0 Å². The summed E-state index contributed by atoms with van der Waals surface area (Å²) in [7, 11) is 0. The number of benzene rings is 1. The monoisotopic (exact) mass is 240 g/mol. The van der Waals surface area contributed by atoms with Crippen molar-refractivity contribution in [2.24, 2.45) is 5.73 Å². The van der Waals surface area contributed by atoms with Crippen LogP contribution in [0.2, 0.25) is 5.02 Å². The van der Waals surface area contributed by atoms with Gasteiger partial charge in [-0.15, -0.1) is 0 Å². The van der Waals surface area contributed by atoms with E-state index >= 15 is 0 Å². The van der Waals surface area contributed by atoms with E-state index in [1.54, 1.807) is 0 Å². The zero-order chi connectivity index (χ0) is 11.8. The first kappa shape index (κ1) is 13.0. The van der Waals surface area contributed by atoms with Gasteiger partial charge in [0.05, 0.1) is 0 Å². The van der Waals surface area contributed by atoms with Crippen LogP contribution in [-0.4, -0.2) is 12.5 Å². The summed E-state index contributed by atoms with van der Waals surface area (Å²) in [5, 5.41) is 3.56. The molecule has 1 rings (SSSR count). The standard InChI is InChI=1S/C12H17ClN2O/c13-11-6-4-10(5-7-11)9-15-12(16)3-1-2-8-14/h4-7H,1-3,8-9,14H2,(H,15,16). The SMILES string of the molecule is NCCCCC(=O)NCc1ccc(Cl)cc1. The Bertz CT molecular complexity index is 324. The third-order valence-electron chi connectivity index (χ3n) is 2.26. The fraction of sp³-hybridized carbons (Fsp3) is 0.417. The molecule has 0 saturated carbocycles. The molecule has 0 saturated heterocycles. The predicted molar refractivity (Wildman–Crippen MR) is 66.2 cm³/mol. The molecule has 1 aromatic carbocycles. The van der Waals surface area contributed by atoms with Gasteiger partial charge in [0.15, 0.2) is 0 Å². The van der Waals surface area contributed by atoms with E-state index in [1.165, 1.54) is 0 Å². The quantitative estimate of drug-likeness (QED) is 0.748. The largest absolute Gasteiger partial charge is 0.352 e. The van der Waals surface area contributed by atoms with Crippen LogP contribution in [0.4, 0.5) is 0 Å². The molecule has 0 spiro atoms. The van der Waals surface area contributed by atoms with Gasteiger partial charge in [-0.25, -0.2) is 0 Å². The minimum atomic E-state index is 0.0726. The minimum absolute atomic E-state index is 0.0726. The Balaban J connectivity index is 2.23. The van der Waals surface area contributed by atoms with Gasteiger partial charge in [-0.1, -0.05) is 23.7 Å². The van der Waals surface area contributed by atoms with E-state index < -0.39 is 0 Å². The lowest BCUT2D eigenvalue weighted by molar-refractivity contribution is -0.121. The Morgan fingerprint density at radius 3 is 2.56 bits per heavy atom. The van der Waals surface area contributed by atoms with E-state index in [0.717, 1.165) is 18.4 Å².